The van der Waals surface area contributed by atoms with Crippen LogP contribution in [0.15, 0.2) is 24.3 Å². The molecule has 1 aromatic carbocycles. The van der Waals surface area contributed by atoms with Gasteiger partial charge in [-0.2, -0.15) is 0 Å². The second-order valence-electron chi connectivity index (χ2n) is 7.51. The molecule has 2 unspecified atom stereocenters. The first-order chi connectivity index (χ1) is 15.7. The molecular weight excluding hydrogens is 452 g/mol. The number of hydrogen-bond donors (Lipinski definition) is 9. The van der Waals surface area contributed by atoms with Gasteiger partial charge in [-0.1, -0.05) is 26.0 Å². The van der Waals surface area contributed by atoms with E-state index < -0.39 is 36.0 Å². The highest BCUT2D eigenvalue weighted by molar-refractivity contribution is 5.74. The number of carboxylic acid groups (broad SMARTS) is 4. The van der Waals surface area contributed by atoms with Crippen molar-refractivity contribution in [3.8, 4) is 5.75 Å². The Morgan fingerprint density at radius 1 is 1.00 bits per heavy atom. The van der Waals surface area contributed by atoms with Gasteiger partial charge in [0.2, 0.25) is 0 Å². The minimum Gasteiger partial charge on any atom is -0.508 e. The lowest BCUT2D eigenvalue weighted by Gasteiger charge is -2.07. The molecule has 1 aliphatic rings. The van der Waals surface area contributed by atoms with Crippen LogP contribution in [0, 0.1) is 5.92 Å². The maximum atomic E-state index is 10.4. The Bertz CT molecular complexity index is 739. The number of nitrogens with two attached hydrogens (primary N) is 3. The molecule has 0 aromatic heterocycles. The summed E-state index contributed by atoms with van der Waals surface area (Å²) in [5.74, 6) is -3.46. The Morgan fingerprint density at radius 3 is 1.74 bits per heavy atom. The lowest BCUT2D eigenvalue weighted by Crippen LogP contribution is -2.34. The van der Waals surface area contributed by atoms with Crippen molar-refractivity contribution in [3.63, 3.8) is 0 Å². The van der Waals surface area contributed by atoms with Gasteiger partial charge in [-0.25, -0.2) is 0 Å². The predicted octanol–water partition coefficient (Wildman–Crippen LogP) is -0.746. The van der Waals surface area contributed by atoms with Crippen LogP contribution in [-0.4, -0.2) is 80.6 Å². The molecule has 12 N–H and O–H groups in total. The summed E-state index contributed by atoms with van der Waals surface area (Å²) in [6, 6.07) is 4.44. The van der Waals surface area contributed by atoms with Crippen molar-refractivity contribution in [3.05, 3.63) is 29.8 Å². The topological polar surface area (TPSA) is 260 Å². The van der Waals surface area contributed by atoms with Gasteiger partial charge in [0, 0.05) is 0 Å². The molecule has 0 aliphatic carbocycles. The van der Waals surface area contributed by atoms with Gasteiger partial charge in [0.25, 0.3) is 0 Å². The van der Waals surface area contributed by atoms with Gasteiger partial charge in [-0.15, -0.1) is 0 Å². The summed E-state index contributed by atoms with van der Waals surface area (Å²) in [6.07, 6.45) is 2.06. The van der Waals surface area contributed by atoms with Crippen LogP contribution in [0.4, 0.5) is 0 Å². The maximum absolute atomic E-state index is 10.4. The number of carbonyl (C=O) groups is 4. The zero-order valence-corrected chi connectivity index (χ0v) is 19.3. The normalized spacial score (nSPS) is 15.8. The maximum Gasteiger partial charge on any atom is 0.320 e. The van der Waals surface area contributed by atoms with Gasteiger partial charge in [-0.3, -0.25) is 19.2 Å². The number of phenols is 1. The number of benzene rings is 1. The molecule has 34 heavy (non-hydrogen) atoms. The van der Waals surface area contributed by atoms with Crippen LogP contribution in [0.1, 0.15) is 32.3 Å². The highest BCUT2D eigenvalue weighted by Gasteiger charge is 2.20. The van der Waals surface area contributed by atoms with Crippen LogP contribution >= 0.6 is 0 Å². The lowest BCUT2D eigenvalue weighted by atomic mass is 10.1. The standard InChI is InChI=1S/C9H11NO3.C5H9NO2.C5H11NO2.C2H5NO2/c10-8(9(12)13)5-6-1-3-7(11)4-2-6;7-5(8)4-2-1-3-6-4;1-3(2)4(6)5(7)8;3-1-2(4)5/h1-4,8,11H,5,10H2,(H,12,13);4,6H,1-3H2,(H,7,8);3-4H,6H2,1-2H3,(H,7,8);1,3H2,(H,4,5)/t;4-;;/m.0../s1. The SMILES string of the molecule is CC(C)C(N)C(=O)O.NC(Cc1ccc(O)cc1)C(=O)O.NCC(=O)O.O=C(O)[C@@H]1CCCN1. The summed E-state index contributed by atoms with van der Waals surface area (Å²) in [4.78, 5) is 39.8. The minimum absolute atomic E-state index is 0.0208. The zero-order chi connectivity index (χ0) is 26.8. The molecule has 0 radical (unpaired) electrons. The van der Waals surface area contributed by atoms with Crippen molar-refractivity contribution in [1.82, 2.24) is 5.32 Å². The average molecular weight is 489 g/mol. The Hall–Kier alpha value is -3.26. The number of aliphatic carboxylic acids is 4. The van der Waals surface area contributed by atoms with E-state index >= 15 is 0 Å². The summed E-state index contributed by atoms with van der Waals surface area (Å²) in [5.41, 5.74) is 15.9. The smallest absolute Gasteiger partial charge is 0.320 e. The van der Waals surface area contributed by atoms with Crippen LogP contribution in [0.5, 0.6) is 5.75 Å². The summed E-state index contributed by atoms with van der Waals surface area (Å²) in [7, 11) is 0. The Labute approximate surface area is 197 Å². The van der Waals surface area contributed by atoms with Crippen molar-refractivity contribution in [2.45, 2.75) is 51.2 Å². The van der Waals surface area contributed by atoms with Gasteiger partial charge in [0.05, 0.1) is 6.54 Å². The molecule has 0 saturated carbocycles. The van der Waals surface area contributed by atoms with Gasteiger partial charge >= 0.3 is 23.9 Å². The molecule has 0 bridgehead atoms. The molecule has 1 heterocycles. The first-order valence-corrected chi connectivity index (χ1v) is 10.4. The van der Waals surface area contributed by atoms with Gasteiger partial charge in [-0.05, 0) is 49.4 Å². The Balaban J connectivity index is 0. The van der Waals surface area contributed by atoms with Crippen LogP contribution in [0.2, 0.25) is 0 Å². The molecule has 2 rings (SSSR count). The zero-order valence-electron chi connectivity index (χ0n) is 19.3. The molecule has 13 heteroatoms. The van der Waals surface area contributed by atoms with Crippen molar-refractivity contribution in [1.29, 1.82) is 0 Å². The molecule has 3 atom stereocenters. The number of hydrogen-bond acceptors (Lipinski definition) is 9. The third kappa shape index (κ3) is 17.3. The summed E-state index contributed by atoms with van der Waals surface area (Å²) < 4.78 is 0. The van der Waals surface area contributed by atoms with E-state index in [0.29, 0.717) is 0 Å². The number of phenolic OH excluding ortho intramolecular Hbond substituents is 1. The molecule has 194 valence electrons. The Kier molecular flexibility index (Phi) is 17.6. The van der Waals surface area contributed by atoms with Crippen molar-refractivity contribution < 1.29 is 44.7 Å². The van der Waals surface area contributed by atoms with E-state index in [-0.39, 0.29) is 30.7 Å². The van der Waals surface area contributed by atoms with E-state index in [1.165, 1.54) is 12.1 Å². The fraction of sp³-hybridized carbons (Fsp3) is 0.524. The summed E-state index contributed by atoms with van der Waals surface area (Å²) >= 11 is 0. The lowest BCUT2D eigenvalue weighted by molar-refractivity contribution is -0.140. The van der Waals surface area contributed by atoms with Crippen LogP contribution < -0.4 is 22.5 Å². The molecule has 1 fully saturated rings. The molecule has 1 aliphatic heterocycles. The first-order valence-electron chi connectivity index (χ1n) is 10.4. The van der Waals surface area contributed by atoms with Gasteiger partial charge < -0.3 is 48.1 Å². The van der Waals surface area contributed by atoms with E-state index in [1.54, 1.807) is 26.0 Å². The third-order valence-corrected chi connectivity index (χ3v) is 4.25. The highest BCUT2D eigenvalue weighted by atomic mass is 16.4. The Morgan fingerprint density at radius 2 is 1.50 bits per heavy atom. The molecule has 1 saturated heterocycles. The number of carboxylic acids is 4. The van der Waals surface area contributed by atoms with E-state index in [2.05, 4.69) is 11.1 Å². The second-order valence-corrected chi connectivity index (χ2v) is 7.51. The number of aromatic hydroxyl groups is 1. The van der Waals surface area contributed by atoms with Crippen LogP contribution in [0.25, 0.3) is 0 Å². The monoisotopic (exact) mass is 488 g/mol. The number of rotatable bonds is 7. The van der Waals surface area contributed by atoms with E-state index in [4.69, 9.17) is 37.0 Å². The van der Waals surface area contributed by atoms with Crippen molar-refractivity contribution >= 4 is 23.9 Å². The first kappa shape index (κ1) is 32.9. The van der Waals surface area contributed by atoms with E-state index in [0.717, 1.165) is 24.9 Å². The second kappa shape index (κ2) is 18.2. The number of nitrogens with one attached hydrogen (secondary N) is 1. The quantitative estimate of drug-likeness (QED) is 0.229. The highest BCUT2D eigenvalue weighted by Crippen LogP contribution is 2.10. The summed E-state index contributed by atoms with van der Waals surface area (Å²) in [6.45, 7) is 4.13. The van der Waals surface area contributed by atoms with Crippen molar-refractivity contribution in [2.24, 2.45) is 23.1 Å². The summed E-state index contributed by atoms with van der Waals surface area (Å²) in [5, 5.41) is 44.5. The fourth-order valence-corrected chi connectivity index (χ4v) is 2.15. The van der Waals surface area contributed by atoms with E-state index in [9.17, 15) is 19.2 Å². The molecule has 1 aromatic rings. The fourth-order valence-electron chi connectivity index (χ4n) is 2.15. The van der Waals surface area contributed by atoms with Gasteiger partial charge in [0.15, 0.2) is 0 Å². The molecule has 0 spiro atoms. The molecule has 13 nitrogen and oxygen atoms in total. The third-order valence-electron chi connectivity index (χ3n) is 4.25. The predicted molar refractivity (Wildman–Crippen MR) is 123 cm³/mol. The minimum atomic E-state index is -1.02. The molecule has 0 amide bonds. The van der Waals surface area contributed by atoms with Crippen LogP contribution in [-0.2, 0) is 25.6 Å². The van der Waals surface area contributed by atoms with Gasteiger partial charge in [0.1, 0.15) is 23.9 Å². The molecular formula is C21H36N4O9. The van der Waals surface area contributed by atoms with Crippen LogP contribution in [0.3, 0.4) is 0 Å². The largest absolute Gasteiger partial charge is 0.508 e. The van der Waals surface area contributed by atoms with Crippen molar-refractivity contribution in [2.75, 3.05) is 13.1 Å². The van der Waals surface area contributed by atoms with E-state index in [1.807, 2.05) is 0 Å². The average Bonchev–Trinajstić information content (AvgIpc) is 3.31.